The van der Waals surface area contributed by atoms with Gasteiger partial charge in [0.25, 0.3) is 11.5 Å². The lowest BCUT2D eigenvalue weighted by Gasteiger charge is -2.14. The molecule has 0 aliphatic rings. The van der Waals surface area contributed by atoms with E-state index in [1.54, 1.807) is 25.2 Å². The maximum atomic E-state index is 12.0. The number of H-pyrrole nitrogens is 1. The van der Waals surface area contributed by atoms with E-state index in [2.05, 4.69) is 9.97 Å². The second-order valence-corrected chi connectivity index (χ2v) is 5.20. The smallest absolute Gasteiger partial charge is 0.289 e. The highest BCUT2D eigenvalue weighted by Crippen LogP contribution is 2.14. The lowest BCUT2D eigenvalue weighted by Crippen LogP contribution is -2.27. The molecule has 0 unspecified atom stereocenters. The van der Waals surface area contributed by atoms with Crippen molar-refractivity contribution in [3.63, 3.8) is 0 Å². The van der Waals surface area contributed by atoms with Crippen LogP contribution in [0.4, 0.5) is 0 Å². The normalized spacial score (nSPS) is 10.8. The van der Waals surface area contributed by atoms with E-state index in [4.69, 9.17) is 4.42 Å². The molecule has 0 aliphatic carbocycles. The van der Waals surface area contributed by atoms with Gasteiger partial charge >= 0.3 is 0 Å². The van der Waals surface area contributed by atoms with Gasteiger partial charge in [-0.15, -0.1) is 11.3 Å². The maximum absolute atomic E-state index is 12.0. The Balaban J connectivity index is 1.85. The number of rotatable bonds is 3. The van der Waals surface area contributed by atoms with E-state index in [1.807, 2.05) is 5.38 Å². The molecule has 0 bridgehead atoms. The molecular weight excluding hydrogens is 278 g/mol. The lowest BCUT2D eigenvalue weighted by atomic mass is 10.3. The lowest BCUT2D eigenvalue weighted by molar-refractivity contribution is 0.0750. The highest BCUT2D eigenvalue weighted by atomic mass is 32.1. The summed E-state index contributed by atoms with van der Waals surface area (Å²) in [6.07, 6.45) is 1.44. The van der Waals surface area contributed by atoms with E-state index in [1.165, 1.54) is 22.5 Å². The summed E-state index contributed by atoms with van der Waals surface area (Å²) in [7, 11) is 1.63. The second kappa shape index (κ2) is 4.93. The second-order valence-electron chi connectivity index (χ2n) is 4.29. The summed E-state index contributed by atoms with van der Waals surface area (Å²) in [6, 6.07) is 5.03. The van der Waals surface area contributed by atoms with Crippen LogP contribution in [0.5, 0.6) is 0 Å². The van der Waals surface area contributed by atoms with E-state index in [0.29, 0.717) is 16.0 Å². The highest BCUT2D eigenvalue weighted by Gasteiger charge is 2.16. The molecule has 6 nitrogen and oxygen atoms in total. The van der Waals surface area contributed by atoms with E-state index in [9.17, 15) is 9.59 Å². The predicted molar refractivity (Wildman–Crippen MR) is 74.7 cm³/mol. The molecule has 0 saturated carbocycles. The SMILES string of the molecule is CN(Cc1nc2ccsc2c(=O)[nH]1)C(=O)c1ccco1. The summed E-state index contributed by atoms with van der Waals surface area (Å²) in [6.45, 7) is 0.209. The van der Waals surface area contributed by atoms with Gasteiger partial charge in [-0.1, -0.05) is 0 Å². The van der Waals surface area contributed by atoms with Gasteiger partial charge in [-0.05, 0) is 23.6 Å². The fraction of sp³-hybridized carbons (Fsp3) is 0.154. The Bertz CT molecular complexity index is 804. The van der Waals surface area contributed by atoms with Gasteiger partial charge in [0.2, 0.25) is 0 Å². The van der Waals surface area contributed by atoms with Gasteiger partial charge < -0.3 is 14.3 Å². The Morgan fingerprint density at radius 2 is 2.35 bits per heavy atom. The minimum atomic E-state index is -0.261. The number of aromatic nitrogens is 2. The molecule has 0 fully saturated rings. The van der Waals surface area contributed by atoms with Gasteiger partial charge in [0.1, 0.15) is 10.5 Å². The molecule has 20 heavy (non-hydrogen) atoms. The number of fused-ring (bicyclic) bond motifs is 1. The average molecular weight is 289 g/mol. The van der Waals surface area contributed by atoms with E-state index >= 15 is 0 Å². The molecule has 0 atom stereocenters. The zero-order valence-corrected chi connectivity index (χ0v) is 11.4. The van der Waals surface area contributed by atoms with Crippen molar-refractivity contribution in [2.75, 3.05) is 7.05 Å². The quantitative estimate of drug-likeness (QED) is 0.798. The third-order valence-corrected chi connectivity index (χ3v) is 3.73. The summed E-state index contributed by atoms with van der Waals surface area (Å²) in [4.78, 5) is 32.3. The van der Waals surface area contributed by atoms with Crippen LogP contribution >= 0.6 is 11.3 Å². The topological polar surface area (TPSA) is 79.2 Å². The van der Waals surface area contributed by atoms with E-state index in [-0.39, 0.29) is 23.8 Å². The van der Waals surface area contributed by atoms with Crippen molar-refractivity contribution >= 4 is 27.5 Å². The van der Waals surface area contributed by atoms with E-state index < -0.39 is 0 Å². The number of carbonyl (C=O) groups excluding carboxylic acids is 1. The number of amides is 1. The van der Waals surface area contributed by atoms with Gasteiger partial charge in [-0.25, -0.2) is 4.98 Å². The van der Waals surface area contributed by atoms with E-state index in [0.717, 1.165) is 0 Å². The van der Waals surface area contributed by atoms with Crippen LogP contribution in [0.25, 0.3) is 10.2 Å². The summed E-state index contributed by atoms with van der Waals surface area (Å²) in [5, 5.41) is 1.81. The minimum absolute atomic E-state index is 0.182. The molecule has 1 N–H and O–H groups in total. The molecule has 7 heteroatoms. The molecule has 3 rings (SSSR count). The maximum Gasteiger partial charge on any atom is 0.289 e. The fourth-order valence-electron chi connectivity index (χ4n) is 1.88. The summed E-state index contributed by atoms with van der Waals surface area (Å²) < 4.78 is 5.65. The molecule has 3 aromatic heterocycles. The van der Waals surface area contributed by atoms with Crippen molar-refractivity contribution in [1.29, 1.82) is 0 Å². The standard InChI is InChI=1S/C13H11N3O3S/c1-16(13(18)9-3-2-5-19-9)7-10-14-8-4-6-20-11(8)12(17)15-10/h2-6H,7H2,1H3,(H,14,15,17). The van der Waals surface area contributed by atoms with Crippen molar-refractivity contribution in [2.24, 2.45) is 0 Å². The van der Waals surface area contributed by atoms with Crippen molar-refractivity contribution < 1.29 is 9.21 Å². The van der Waals surface area contributed by atoms with Crippen LogP contribution in [0, 0.1) is 0 Å². The molecule has 3 aromatic rings. The highest BCUT2D eigenvalue weighted by molar-refractivity contribution is 7.17. The van der Waals surface area contributed by atoms with Gasteiger partial charge in [0.05, 0.1) is 18.3 Å². The number of aromatic amines is 1. The van der Waals surface area contributed by atoms with Gasteiger partial charge in [0.15, 0.2) is 5.76 Å². The molecule has 1 amide bonds. The number of hydrogen-bond donors (Lipinski definition) is 1. The first-order valence-electron chi connectivity index (χ1n) is 5.90. The van der Waals surface area contributed by atoms with Crippen LogP contribution in [0.2, 0.25) is 0 Å². The molecule has 0 saturated heterocycles. The third-order valence-electron chi connectivity index (χ3n) is 2.83. The third kappa shape index (κ3) is 2.23. The first-order valence-corrected chi connectivity index (χ1v) is 6.78. The Morgan fingerprint density at radius 3 is 3.10 bits per heavy atom. The Labute approximate surface area is 117 Å². The Morgan fingerprint density at radius 1 is 1.50 bits per heavy atom. The van der Waals surface area contributed by atoms with Gasteiger partial charge in [0, 0.05) is 7.05 Å². The van der Waals surface area contributed by atoms with Gasteiger partial charge in [-0.3, -0.25) is 9.59 Å². The molecule has 3 heterocycles. The van der Waals surface area contributed by atoms with Crippen molar-refractivity contribution in [3.05, 3.63) is 51.8 Å². The predicted octanol–water partition coefficient (Wildman–Crippen LogP) is 1.85. The Kier molecular flexibility index (Phi) is 3.11. The van der Waals surface area contributed by atoms with Crippen LogP contribution < -0.4 is 5.56 Å². The molecule has 0 aromatic carbocycles. The van der Waals surface area contributed by atoms with Crippen LogP contribution in [-0.4, -0.2) is 27.8 Å². The first kappa shape index (κ1) is 12.6. The average Bonchev–Trinajstić information content (AvgIpc) is 3.08. The Hall–Kier alpha value is -2.41. The summed E-state index contributed by atoms with van der Waals surface area (Å²) in [5.74, 6) is 0.442. The number of hydrogen-bond acceptors (Lipinski definition) is 5. The van der Waals surface area contributed by atoms with Crippen molar-refractivity contribution in [2.45, 2.75) is 6.54 Å². The summed E-state index contributed by atoms with van der Waals surface area (Å²) >= 11 is 1.34. The number of carbonyl (C=O) groups is 1. The largest absolute Gasteiger partial charge is 0.459 e. The molecule has 102 valence electrons. The zero-order valence-electron chi connectivity index (χ0n) is 10.6. The number of thiophene rings is 1. The fourth-order valence-corrected chi connectivity index (χ4v) is 2.61. The first-order chi connectivity index (χ1) is 9.65. The molecule has 0 radical (unpaired) electrons. The van der Waals surface area contributed by atoms with Crippen molar-refractivity contribution in [1.82, 2.24) is 14.9 Å². The van der Waals surface area contributed by atoms with Crippen LogP contribution in [0.1, 0.15) is 16.4 Å². The zero-order chi connectivity index (χ0) is 14.1. The minimum Gasteiger partial charge on any atom is -0.459 e. The number of furan rings is 1. The molecule has 0 spiro atoms. The van der Waals surface area contributed by atoms with Crippen LogP contribution in [-0.2, 0) is 6.54 Å². The van der Waals surface area contributed by atoms with Crippen molar-refractivity contribution in [3.8, 4) is 0 Å². The monoisotopic (exact) mass is 289 g/mol. The molecular formula is C13H11N3O3S. The molecule has 0 aliphatic heterocycles. The van der Waals surface area contributed by atoms with Crippen LogP contribution in [0.15, 0.2) is 39.1 Å². The summed E-state index contributed by atoms with van der Waals surface area (Å²) in [5.41, 5.74) is 0.464. The van der Waals surface area contributed by atoms with Gasteiger partial charge in [-0.2, -0.15) is 0 Å². The number of nitrogens with zero attached hydrogens (tertiary/aromatic N) is 2. The van der Waals surface area contributed by atoms with Crippen LogP contribution in [0.3, 0.4) is 0 Å². The number of nitrogens with one attached hydrogen (secondary N) is 1.